The number of benzene rings is 1. The van der Waals surface area contributed by atoms with Crippen LogP contribution in [0.2, 0.25) is 0 Å². The largest absolute Gasteiger partial charge is 0.478 e. The minimum Gasteiger partial charge on any atom is -0.478 e. The number of fused-ring (bicyclic) bond motifs is 3. The number of carbonyl (C=O) groups is 2. The molecule has 0 spiro atoms. The minimum absolute atomic E-state index is 0.158. The molecule has 22 heavy (non-hydrogen) atoms. The summed E-state index contributed by atoms with van der Waals surface area (Å²) in [5.41, 5.74) is 1.36. The summed E-state index contributed by atoms with van der Waals surface area (Å²) in [5.74, 6) is -0.688. The van der Waals surface area contributed by atoms with Crippen LogP contribution in [-0.2, 0) is 9.53 Å². The van der Waals surface area contributed by atoms with Crippen LogP contribution in [0.1, 0.15) is 17.3 Å². The Hall–Kier alpha value is -3.10. The molecule has 1 aromatic carbocycles. The van der Waals surface area contributed by atoms with Crippen molar-refractivity contribution in [3.05, 3.63) is 23.8 Å². The summed E-state index contributed by atoms with van der Waals surface area (Å²) in [6.45, 7) is 1.65. The molecule has 0 radical (unpaired) electrons. The van der Waals surface area contributed by atoms with Gasteiger partial charge in [0, 0.05) is 0 Å². The summed E-state index contributed by atoms with van der Waals surface area (Å²) < 4.78 is 6.23. The molecule has 0 aliphatic heterocycles. The van der Waals surface area contributed by atoms with E-state index in [1.807, 2.05) is 0 Å². The molecule has 1 atom stereocenters. The van der Waals surface area contributed by atoms with Crippen molar-refractivity contribution in [2.45, 2.75) is 13.0 Å². The standard InChI is InChI=1S/C13H13N5O4/c1-6(11(21)22-2)14-12-16-13-15-8-5-7(10(19)20)3-4-9(8)18(13)17-12/h3-6H,1-2H3,(H,19,20)(H2,14,15,16,17). The summed E-state index contributed by atoms with van der Waals surface area (Å²) >= 11 is 0. The summed E-state index contributed by atoms with van der Waals surface area (Å²) in [4.78, 5) is 30.8. The van der Waals surface area contributed by atoms with Crippen molar-refractivity contribution < 1.29 is 19.4 Å². The van der Waals surface area contributed by atoms with E-state index >= 15 is 0 Å². The molecule has 0 fully saturated rings. The Morgan fingerprint density at radius 2 is 2.18 bits per heavy atom. The van der Waals surface area contributed by atoms with Gasteiger partial charge in [0.15, 0.2) is 0 Å². The van der Waals surface area contributed by atoms with Gasteiger partial charge in [-0.05, 0) is 25.1 Å². The molecule has 9 heteroatoms. The molecule has 2 heterocycles. The van der Waals surface area contributed by atoms with Gasteiger partial charge < -0.3 is 15.2 Å². The van der Waals surface area contributed by atoms with E-state index in [1.165, 1.54) is 19.2 Å². The number of anilines is 1. The number of H-pyrrole nitrogens is 1. The van der Waals surface area contributed by atoms with Crippen LogP contribution in [0, 0.1) is 0 Å². The van der Waals surface area contributed by atoms with E-state index in [1.54, 1.807) is 17.5 Å². The Kier molecular flexibility index (Phi) is 3.17. The maximum absolute atomic E-state index is 11.4. The van der Waals surface area contributed by atoms with Crippen LogP contribution in [-0.4, -0.2) is 49.8 Å². The number of aromatic amines is 1. The molecule has 0 saturated heterocycles. The Balaban J connectivity index is 1.97. The number of hydrogen-bond donors (Lipinski definition) is 3. The number of hydrogen-bond acceptors (Lipinski definition) is 6. The average Bonchev–Trinajstić information content (AvgIpc) is 3.02. The van der Waals surface area contributed by atoms with Crippen LogP contribution in [0.25, 0.3) is 16.8 Å². The first-order valence-corrected chi connectivity index (χ1v) is 6.45. The smallest absolute Gasteiger partial charge is 0.335 e. The molecule has 3 aromatic rings. The van der Waals surface area contributed by atoms with E-state index in [0.29, 0.717) is 22.8 Å². The monoisotopic (exact) mass is 303 g/mol. The highest BCUT2D eigenvalue weighted by Gasteiger charge is 2.16. The average molecular weight is 303 g/mol. The highest BCUT2D eigenvalue weighted by Crippen LogP contribution is 2.18. The van der Waals surface area contributed by atoms with E-state index < -0.39 is 18.0 Å². The number of methoxy groups -OCH3 is 1. The number of esters is 1. The molecule has 0 bridgehead atoms. The number of nitrogens with one attached hydrogen (secondary N) is 2. The van der Waals surface area contributed by atoms with E-state index in [-0.39, 0.29) is 5.56 Å². The third-order valence-electron chi connectivity index (χ3n) is 3.22. The molecular formula is C13H13N5O4. The first kappa shape index (κ1) is 13.9. The minimum atomic E-state index is -1.01. The molecule has 1 unspecified atom stereocenters. The van der Waals surface area contributed by atoms with Crippen LogP contribution in [0.15, 0.2) is 18.2 Å². The van der Waals surface area contributed by atoms with Crippen molar-refractivity contribution in [1.82, 2.24) is 19.6 Å². The summed E-state index contributed by atoms with van der Waals surface area (Å²) in [6.07, 6.45) is 0. The quantitative estimate of drug-likeness (QED) is 0.611. The fraction of sp³-hybridized carbons (Fsp3) is 0.231. The molecule has 114 valence electrons. The number of imidazole rings is 1. The van der Waals surface area contributed by atoms with Gasteiger partial charge in [-0.2, -0.15) is 4.98 Å². The number of aromatic nitrogens is 4. The summed E-state index contributed by atoms with van der Waals surface area (Å²) in [5, 5.41) is 14.8. The van der Waals surface area contributed by atoms with Crippen molar-refractivity contribution in [1.29, 1.82) is 0 Å². The Labute approximate surface area is 123 Å². The van der Waals surface area contributed by atoms with E-state index in [4.69, 9.17) is 5.11 Å². The lowest BCUT2D eigenvalue weighted by Gasteiger charge is -2.09. The van der Waals surface area contributed by atoms with Crippen LogP contribution < -0.4 is 5.32 Å². The normalized spacial score (nSPS) is 12.5. The zero-order valence-corrected chi connectivity index (χ0v) is 11.8. The Morgan fingerprint density at radius 3 is 2.86 bits per heavy atom. The number of carboxylic acids is 1. The van der Waals surface area contributed by atoms with Crippen molar-refractivity contribution in [3.63, 3.8) is 0 Å². The van der Waals surface area contributed by atoms with E-state index in [0.717, 1.165) is 0 Å². The lowest BCUT2D eigenvalue weighted by molar-refractivity contribution is -0.141. The predicted octanol–water partition coefficient (Wildman–Crippen LogP) is 0.882. The van der Waals surface area contributed by atoms with E-state index in [2.05, 4.69) is 25.1 Å². The molecule has 3 N–H and O–H groups in total. The van der Waals surface area contributed by atoms with Gasteiger partial charge in [-0.25, -0.2) is 19.1 Å². The molecule has 0 aliphatic carbocycles. The van der Waals surface area contributed by atoms with Crippen LogP contribution in [0.4, 0.5) is 5.95 Å². The SMILES string of the molecule is COC(=O)C(C)Nc1nc2nc3cc(C(=O)O)ccc3n2[nH]1. The second kappa shape index (κ2) is 5.02. The fourth-order valence-corrected chi connectivity index (χ4v) is 2.12. The van der Waals surface area contributed by atoms with Crippen LogP contribution in [0.5, 0.6) is 0 Å². The Morgan fingerprint density at radius 1 is 1.41 bits per heavy atom. The molecular weight excluding hydrogens is 290 g/mol. The summed E-state index contributed by atoms with van der Waals surface area (Å²) in [6, 6.07) is 4.05. The highest BCUT2D eigenvalue weighted by atomic mass is 16.5. The van der Waals surface area contributed by atoms with Crippen LogP contribution >= 0.6 is 0 Å². The third-order valence-corrected chi connectivity index (χ3v) is 3.22. The molecule has 9 nitrogen and oxygen atoms in total. The van der Waals surface area contributed by atoms with E-state index in [9.17, 15) is 9.59 Å². The maximum Gasteiger partial charge on any atom is 0.335 e. The first-order chi connectivity index (χ1) is 10.5. The number of nitrogens with zero attached hydrogens (tertiary/aromatic N) is 3. The molecule has 3 rings (SSSR count). The zero-order chi connectivity index (χ0) is 15.9. The second-order valence-corrected chi connectivity index (χ2v) is 4.72. The van der Waals surface area contributed by atoms with Gasteiger partial charge in [-0.15, -0.1) is 0 Å². The first-order valence-electron chi connectivity index (χ1n) is 6.45. The number of aromatic carboxylic acids is 1. The summed E-state index contributed by atoms with van der Waals surface area (Å²) in [7, 11) is 1.31. The number of rotatable bonds is 4. The van der Waals surface area contributed by atoms with Gasteiger partial charge in [-0.1, -0.05) is 0 Å². The highest BCUT2D eigenvalue weighted by molar-refractivity contribution is 5.93. The molecule has 0 aliphatic rings. The van der Waals surface area contributed by atoms with Crippen molar-refractivity contribution in [3.8, 4) is 0 Å². The second-order valence-electron chi connectivity index (χ2n) is 4.72. The van der Waals surface area contributed by atoms with Gasteiger partial charge in [0.2, 0.25) is 5.95 Å². The lowest BCUT2D eigenvalue weighted by Crippen LogP contribution is -2.27. The van der Waals surface area contributed by atoms with Crippen molar-refractivity contribution in [2.75, 3.05) is 12.4 Å². The van der Waals surface area contributed by atoms with Gasteiger partial charge in [0.1, 0.15) is 6.04 Å². The third kappa shape index (κ3) is 2.22. The van der Waals surface area contributed by atoms with Gasteiger partial charge >= 0.3 is 11.9 Å². The fourth-order valence-electron chi connectivity index (χ4n) is 2.12. The molecule has 2 aromatic heterocycles. The number of ether oxygens (including phenoxy) is 1. The van der Waals surface area contributed by atoms with Crippen molar-refractivity contribution >= 4 is 34.7 Å². The van der Waals surface area contributed by atoms with Gasteiger partial charge in [0.05, 0.1) is 23.7 Å². The molecule has 0 saturated carbocycles. The zero-order valence-electron chi connectivity index (χ0n) is 11.8. The van der Waals surface area contributed by atoms with Crippen molar-refractivity contribution in [2.24, 2.45) is 0 Å². The molecule has 0 amide bonds. The predicted molar refractivity (Wildman–Crippen MR) is 76.9 cm³/mol. The number of carboxylic acid groups (broad SMARTS) is 1. The maximum atomic E-state index is 11.4. The van der Waals surface area contributed by atoms with Crippen LogP contribution in [0.3, 0.4) is 0 Å². The van der Waals surface area contributed by atoms with Gasteiger partial charge in [-0.3, -0.25) is 5.10 Å². The number of carbonyl (C=O) groups excluding carboxylic acids is 1. The Bertz CT molecular complexity index is 881. The topological polar surface area (TPSA) is 122 Å². The lowest BCUT2D eigenvalue weighted by atomic mass is 10.2. The van der Waals surface area contributed by atoms with Gasteiger partial charge in [0.25, 0.3) is 5.78 Å².